The molecule has 0 radical (unpaired) electrons. The maximum absolute atomic E-state index is 14.2. The summed E-state index contributed by atoms with van der Waals surface area (Å²) < 4.78 is 38.1. The van der Waals surface area contributed by atoms with Crippen molar-refractivity contribution in [1.82, 2.24) is 0 Å². The number of benzene rings is 2. The number of fused-ring (bicyclic) bond motifs is 1. The van der Waals surface area contributed by atoms with E-state index in [1.807, 2.05) is 0 Å². The van der Waals surface area contributed by atoms with Gasteiger partial charge in [-0.2, -0.15) is 0 Å². The summed E-state index contributed by atoms with van der Waals surface area (Å²) in [5, 5.41) is 11.3. The minimum atomic E-state index is -0.952. The zero-order chi connectivity index (χ0) is 18.8. The van der Waals surface area contributed by atoms with Crippen molar-refractivity contribution >= 4 is 33.1 Å². The predicted octanol–water partition coefficient (Wildman–Crippen LogP) is 4.45. The number of nitrogens with zero attached hydrogens (tertiary/aromatic N) is 1. The lowest BCUT2D eigenvalue weighted by atomic mass is 10.1. The summed E-state index contributed by atoms with van der Waals surface area (Å²) in [6, 6.07) is 6.92. The van der Waals surface area contributed by atoms with Crippen LogP contribution in [0.2, 0.25) is 0 Å². The van der Waals surface area contributed by atoms with E-state index in [9.17, 15) is 23.7 Å². The van der Waals surface area contributed by atoms with Crippen LogP contribution in [0.25, 0.3) is 10.1 Å². The molecule has 0 aliphatic heterocycles. The smallest absolute Gasteiger partial charge is 0.354 e. The van der Waals surface area contributed by atoms with Crippen molar-refractivity contribution in [1.29, 1.82) is 0 Å². The summed E-state index contributed by atoms with van der Waals surface area (Å²) in [7, 11) is 1.39. The molecule has 0 aliphatic carbocycles. The van der Waals surface area contributed by atoms with E-state index in [2.05, 4.69) is 0 Å². The van der Waals surface area contributed by atoms with Crippen molar-refractivity contribution < 1.29 is 28.0 Å². The van der Waals surface area contributed by atoms with E-state index in [1.54, 1.807) is 6.07 Å². The van der Waals surface area contributed by atoms with Gasteiger partial charge in [-0.3, -0.25) is 10.1 Å². The first-order valence-electron chi connectivity index (χ1n) is 7.27. The largest absolute Gasteiger partial charge is 0.415 e. The number of hydrogen-bond donors (Lipinski definition) is 0. The molecule has 6 nitrogen and oxygen atoms in total. The summed E-state index contributed by atoms with van der Waals surface area (Å²) in [5.74, 6) is -2.80. The number of esters is 1. The third kappa shape index (κ3) is 3.26. The molecule has 0 bridgehead atoms. The van der Waals surface area contributed by atoms with E-state index in [0.717, 1.165) is 29.5 Å². The van der Waals surface area contributed by atoms with Crippen molar-refractivity contribution in [3.63, 3.8) is 0 Å². The van der Waals surface area contributed by atoms with Gasteiger partial charge in [0.15, 0.2) is 0 Å². The zero-order valence-corrected chi connectivity index (χ0v) is 14.1. The van der Waals surface area contributed by atoms with Gasteiger partial charge in [-0.05, 0) is 18.2 Å². The van der Waals surface area contributed by atoms with Gasteiger partial charge in [0.25, 0.3) is 0 Å². The van der Waals surface area contributed by atoms with Crippen LogP contribution in [-0.2, 0) is 11.3 Å². The Morgan fingerprint density at radius 3 is 2.73 bits per heavy atom. The summed E-state index contributed by atoms with van der Waals surface area (Å²) in [6.45, 7) is -0.0589. The minimum absolute atomic E-state index is 0.0329. The standard InChI is InChI=1S/C17H11F2NO5S/c1-24-8-10-15-11(19)3-2-4-14(15)26-16(10)17(21)25-13-7-9(18)5-6-12(13)20(22)23/h2-7H,8H2,1H3. The van der Waals surface area contributed by atoms with Gasteiger partial charge in [0, 0.05) is 34.9 Å². The van der Waals surface area contributed by atoms with Crippen molar-refractivity contribution in [3.05, 3.63) is 68.6 Å². The van der Waals surface area contributed by atoms with Gasteiger partial charge in [0.05, 0.1) is 11.5 Å². The van der Waals surface area contributed by atoms with E-state index in [0.29, 0.717) is 4.70 Å². The second-order valence-electron chi connectivity index (χ2n) is 5.21. The predicted molar refractivity (Wildman–Crippen MR) is 90.5 cm³/mol. The van der Waals surface area contributed by atoms with E-state index in [1.165, 1.54) is 19.2 Å². The normalized spacial score (nSPS) is 10.9. The molecule has 0 aliphatic rings. The molecule has 0 spiro atoms. The molecule has 0 unspecified atom stereocenters. The first-order valence-corrected chi connectivity index (χ1v) is 8.09. The summed E-state index contributed by atoms with van der Waals surface area (Å²) >= 11 is 0.966. The fraction of sp³-hybridized carbons (Fsp3) is 0.118. The van der Waals surface area contributed by atoms with Crippen molar-refractivity contribution in [2.45, 2.75) is 6.61 Å². The first-order chi connectivity index (χ1) is 12.4. The second kappa shape index (κ2) is 7.14. The van der Waals surface area contributed by atoms with Crippen LogP contribution in [0.4, 0.5) is 14.5 Å². The van der Waals surface area contributed by atoms with Gasteiger partial charge in [-0.15, -0.1) is 11.3 Å². The topological polar surface area (TPSA) is 78.7 Å². The highest BCUT2D eigenvalue weighted by atomic mass is 32.1. The SMILES string of the molecule is COCc1c(C(=O)Oc2cc(F)ccc2[N+](=O)[O-])sc2cccc(F)c12. The van der Waals surface area contributed by atoms with Crippen LogP contribution in [0.15, 0.2) is 36.4 Å². The highest BCUT2D eigenvalue weighted by molar-refractivity contribution is 7.21. The molecule has 1 heterocycles. The second-order valence-corrected chi connectivity index (χ2v) is 6.27. The molecular weight excluding hydrogens is 368 g/mol. The first kappa shape index (κ1) is 17.9. The van der Waals surface area contributed by atoms with Gasteiger partial charge in [-0.1, -0.05) is 6.07 Å². The van der Waals surface area contributed by atoms with E-state index in [-0.39, 0.29) is 22.4 Å². The van der Waals surface area contributed by atoms with Crippen LogP contribution in [0.1, 0.15) is 15.2 Å². The molecule has 9 heteroatoms. The molecule has 1 aromatic heterocycles. The van der Waals surface area contributed by atoms with Crippen LogP contribution in [0.3, 0.4) is 0 Å². The number of ether oxygens (including phenoxy) is 2. The number of hydrogen-bond acceptors (Lipinski definition) is 6. The molecule has 0 N–H and O–H groups in total. The van der Waals surface area contributed by atoms with Gasteiger partial charge in [-0.25, -0.2) is 13.6 Å². The Labute approximate surface area is 149 Å². The van der Waals surface area contributed by atoms with E-state index in [4.69, 9.17) is 9.47 Å². The average Bonchev–Trinajstić information content (AvgIpc) is 2.95. The number of thiophene rings is 1. The highest BCUT2D eigenvalue weighted by Crippen LogP contribution is 2.35. The molecule has 0 fully saturated rings. The Morgan fingerprint density at radius 1 is 1.27 bits per heavy atom. The molecule has 134 valence electrons. The monoisotopic (exact) mass is 379 g/mol. The molecule has 0 amide bonds. The third-order valence-corrected chi connectivity index (χ3v) is 4.74. The Balaban J connectivity index is 2.06. The van der Waals surface area contributed by atoms with Crippen LogP contribution in [0.5, 0.6) is 5.75 Å². The molecule has 3 aromatic rings. The lowest BCUT2D eigenvalue weighted by Crippen LogP contribution is -2.11. The molecule has 0 saturated carbocycles. The van der Waals surface area contributed by atoms with Crippen molar-refractivity contribution in [2.75, 3.05) is 7.11 Å². The van der Waals surface area contributed by atoms with Crippen molar-refractivity contribution in [3.8, 4) is 5.75 Å². The number of halogens is 2. The van der Waals surface area contributed by atoms with Crippen LogP contribution in [-0.4, -0.2) is 18.0 Å². The number of carbonyl (C=O) groups excluding carboxylic acids is 1. The molecule has 0 saturated heterocycles. The Hall–Kier alpha value is -2.91. The Morgan fingerprint density at radius 2 is 2.04 bits per heavy atom. The van der Waals surface area contributed by atoms with Gasteiger partial charge in [0.1, 0.15) is 16.5 Å². The lowest BCUT2D eigenvalue weighted by molar-refractivity contribution is -0.385. The van der Waals surface area contributed by atoms with Gasteiger partial charge < -0.3 is 9.47 Å². The highest BCUT2D eigenvalue weighted by Gasteiger charge is 2.25. The minimum Gasteiger partial charge on any atom is -0.415 e. The molecule has 3 rings (SSSR count). The maximum atomic E-state index is 14.2. The third-order valence-electron chi connectivity index (χ3n) is 3.56. The molecule has 26 heavy (non-hydrogen) atoms. The number of rotatable bonds is 5. The fourth-order valence-corrected chi connectivity index (χ4v) is 3.58. The fourth-order valence-electron chi connectivity index (χ4n) is 2.48. The number of nitro groups is 1. The molecule has 0 atom stereocenters. The Kier molecular flexibility index (Phi) is 4.92. The van der Waals surface area contributed by atoms with Crippen LogP contribution in [0, 0.1) is 21.7 Å². The molecule has 2 aromatic carbocycles. The molecular formula is C17H11F2NO5S. The maximum Gasteiger partial charge on any atom is 0.354 e. The number of nitro benzene ring substituents is 1. The summed E-state index contributed by atoms with van der Waals surface area (Å²) in [6.07, 6.45) is 0. The average molecular weight is 379 g/mol. The van der Waals surface area contributed by atoms with Crippen LogP contribution < -0.4 is 4.74 Å². The number of methoxy groups -OCH3 is 1. The quantitative estimate of drug-likeness (QED) is 0.283. The van der Waals surface area contributed by atoms with E-state index < -0.39 is 34.0 Å². The summed E-state index contributed by atoms with van der Waals surface area (Å²) in [5.41, 5.74) is -0.282. The lowest BCUT2D eigenvalue weighted by Gasteiger charge is -2.06. The van der Waals surface area contributed by atoms with E-state index >= 15 is 0 Å². The zero-order valence-electron chi connectivity index (χ0n) is 13.3. The van der Waals surface area contributed by atoms with Crippen LogP contribution >= 0.6 is 11.3 Å². The summed E-state index contributed by atoms with van der Waals surface area (Å²) in [4.78, 5) is 22.8. The Bertz CT molecular complexity index is 1020. The number of carbonyl (C=O) groups is 1. The van der Waals surface area contributed by atoms with Gasteiger partial charge in [0.2, 0.25) is 5.75 Å². The van der Waals surface area contributed by atoms with Gasteiger partial charge >= 0.3 is 11.7 Å². The van der Waals surface area contributed by atoms with Crippen molar-refractivity contribution in [2.24, 2.45) is 0 Å².